The molecule has 1 atom stereocenters. The number of aryl methyl sites for hydroxylation is 1. The van der Waals surface area contributed by atoms with Crippen LogP contribution >= 0.6 is 0 Å². The number of carbonyl (C=O) groups is 1. The van der Waals surface area contributed by atoms with Crippen molar-refractivity contribution in [1.29, 1.82) is 0 Å². The Bertz CT molecular complexity index is 852. The summed E-state index contributed by atoms with van der Waals surface area (Å²) < 4.78 is 5.34. The van der Waals surface area contributed by atoms with E-state index in [1.807, 2.05) is 48.5 Å². The molecule has 2 aromatic heterocycles. The lowest BCUT2D eigenvalue weighted by molar-refractivity contribution is -0.137. The summed E-state index contributed by atoms with van der Waals surface area (Å²) in [5.41, 5.74) is 0.963. The molecule has 28 heavy (non-hydrogen) atoms. The van der Waals surface area contributed by atoms with Crippen molar-refractivity contribution in [2.75, 3.05) is 11.9 Å². The van der Waals surface area contributed by atoms with Gasteiger partial charge in [0, 0.05) is 31.5 Å². The highest BCUT2D eigenvalue weighted by molar-refractivity contribution is 5.68. The summed E-state index contributed by atoms with van der Waals surface area (Å²) in [7, 11) is 0. The highest BCUT2D eigenvalue weighted by atomic mass is 16.5. The number of carboxylic acid groups (broad SMARTS) is 1. The van der Waals surface area contributed by atoms with E-state index in [0.29, 0.717) is 18.1 Å². The summed E-state index contributed by atoms with van der Waals surface area (Å²) >= 11 is 0. The van der Waals surface area contributed by atoms with Crippen LogP contribution in [0.5, 0.6) is 0 Å². The van der Waals surface area contributed by atoms with E-state index in [9.17, 15) is 9.90 Å². The monoisotopic (exact) mass is 380 g/mol. The van der Waals surface area contributed by atoms with Crippen LogP contribution in [0, 0.1) is 0 Å². The van der Waals surface area contributed by atoms with Crippen LogP contribution in [0.25, 0.3) is 0 Å². The van der Waals surface area contributed by atoms with Gasteiger partial charge >= 0.3 is 5.97 Å². The first-order chi connectivity index (χ1) is 13.7. The fourth-order valence-electron chi connectivity index (χ4n) is 3.02. The molecule has 2 N–H and O–H groups in total. The fraction of sp³-hybridized carbons (Fsp3) is 0.333. The highest BCUT2D eigenvalue weighted by Crippen LogP contribution is 2.24. The third-order valence-corrected chi connectivity index (χ3v) is 4.42. The van der Waals surface area contributed by atoms with E-state index in [2.05, 4.69) is 20.4 Å². The molecule has 0 radical (unpaired) electrons. The number of rotatable bonds is 11. The molecule has 3 aromatic rings. The maximum absolute atomic E-state index is 11.2. The number of aromatic nitrogens is 3. The van der Waals surface area contributed by atoms with Gasteiger partial charge in [-0.1, -0.05) is 41.6 Å². The van der Waals surface area contributed by atoms with Crippen molar-refractivity contribution in [2.45, 2.75) is 38.0 Å². The van der Waals surface area contributed by atoms with Gasteiger partial charge in [0.05, 0.1) is 6.42 Å². The van der Waals surface area contributed by atoms with Gasteiger partial charge in [-0.15, -0.1) is 0 Å². The van der Waals surface area contributed by atoms with E-state index in [1.165, 1.54) is 0 Å². The highest BCUT2D eigenvalue weighted by Gasteiger charge is 2.19. The van der Waals surface area contributed by atoms with Crippen LogP contribution in [-0.4, -0.2) is 32.7 Å². The molecule has 7 heteroatoms. The number of aliphatic carboxylic acids is 1. The van der Waals surface area contributed by atoms with Crippen LogP contribution in [-0.2, 0) is 17.6 Å². The van der Waals surface area contributed by atoms with Gasteiger partial charge in [-0.25, -0.2) is 4.98 Å². The maximum Gasteiger partial charge on any atom is 0.303 e. The van der Waals surface area contributed by atoms with Crippen molar-refractivity contribution in [3.05, 3.63) is 72.0 Å². The molecular formula is C21H24N4O3. The molecule has 0 aliphatic rings. The van der Waals surface area contributed by atoms with E-state index in [4.69, 9.17) is 4.52 Å². The molecule has 2 heterocycles. The van der Waals surface area contributed by atoms with E-state index >= 15 is 0 Å². The van der Waals surface area contributed by atoms with Crippen LogP contribution in [0.3, 0.4) is 0 Å². The molecule has 3 rings (SSSR count). The predicted octanol–water partition coefficient (Wildman–Crippen LogP) is 3.70. The third-order valence-electron chi connectivity index (χ3n) is 4.42. The summed E-state index contributed by atoms with van der Waals surface area (Å²) in [5.74, 6) is 0.991. The number of benzene rings is 1. The Hall–Kier alpha value is -3.22. The minimum absolute atomic E-state index is 0.0287. The minimum atomic E-state index is -0.839. The van der Waals surface area contributed by atoms with Crippen LogP contribution < -0.4 is 5.32 Å². The average Bonchev–Trinajstić information content (AvgIpc) is 3.16. The average molecular weight is 380 g/mol. The van der Waals surface area contributed by atoms with Crippen LogP contribution in [0.2, 0.25) is 0 Å². The Morgan fingerprint density at radius 3 is 2.68 bits per heavy atom. The maximum atomic E-state index is 11.2. The van der Waals surface area contributed by atoms with E-state index < -0.39 is 5.97 Å². The van der Waals surface area contributed by atoms with Gasteiger partial charge in [0.2, 0.25) is 5.89 Å². The summed E-state index contributed by atoms with van der Waals surface area (Å²) in [6.07, 6.45) is 4.83. The lowest BCUT2D eigenvalue weighted by Gasteiger charge is -2.12. The van der Waals surface area contributed by atoms with E-state index in [0.717, 1.165) is 37.2 Å². The number of hydrogen-bond donors (Lipinski definition) is 2. The zero-order valence-electron chi connectivity index (χ0n) is 15.6. The minimum Gasteiger partial charge on any atom is -0.481 e. The van der Waals surface area contributed by atoms with Crippen LogP contribution in [0.1, 0.15) is 42.5 Å². The van der Waals surface area contributed by atoms with Gasteiger partial charge < -0.3 is 14.9 Å². The van der Waals surface area contributed by atoms with Gasteiger partial charge in [0.25, 0.3) is 0 Å². The molecule has 1 unspecified atom stereocenters. The smallest absolute Gasteiger partial charge is 0.303 e. The molecular weight excluding hydrogens is 356 g/mol. The zero-order valence-corrected chi connectivity index (χ0v) is 15.6. The van der Waals surface area contributed by atoms with Gasteiger partial charge in [0.15, 0.2) is 5.82 Å². The summed E-state index contributed by atoms with van der Waals surface area (Å²) in [6.45, 7) is 0.830. The number of nitrogens with zero attached hydrogens (tertiary/aromatic N) is 3. The van der Waals surface area contributed by atoms with Gasteiger partial charge in [-0.2, -0.15) is 4.98 Å². The quantitative estimate of drug-likeness (QED) is 0.489. The molecule has 146 valence electrons. The second-order valence-electron chi connectivity index (χ2n) is 6.61. The van der Waals surface area contributed by atoms with Gasteiger partial charge in [0.1, 0.15) is 5.82 Å². The molecule has 1 aromatic carbocycles. The standard InChI is InChI=1S/C21H24N4O3/c26-21(27)15-17(16-8-2-1-3-9-16)14-20-24-19(25-28-20)11-5-7-13-23-18-10-4-6-12-22-18/h1-4,6,8-10,12,17H,5,7,11,13-15H2,(H,22,23)(H,26,27). The Balaban J connectivity index is 1.46. The number of carboxylic acids is 1. The second kappa shape index (κ2) is 10.2. The lowest BCUT2D eigenvalue weighted by atomic mass is 9.92. The summed E-state index contributed by atoms with van der Waals surface area (Å²) in [4.78, 5) is 19.9. The molecule has 0 aliphatic carbocycles. The number of pyridine rings is 1. The van der Waals surface area contributed by atoms with E-state index in [1.54, 1.807) is 6.20 Å². The van der Waals surface area contributed by atoms with Crippen molar-refractivity contribution < 1.29 is 14.4 Å². The van der Waals surface area contributed by atoms with Gasteiger partial charge in [-0.05, 0) is 30.5 Å². The van der Waals surface area contributed by atoms with Crippen molar-refractivity contribution >= 4 is 11.8 Å². The molecule has 0 saturated heterocycles. The summed E-state index contributed by atoms with van der Waals surface area (Å²) in [6, 6.07) is 15.4. The molecule has 0 saturated carbocycles. The Labute approximate surface area is 163 Å². The Kier molecular flexibility index (Phi) is 7.12. The van der Waals surface area contributed by atoms with Gasteiger partial charge in [-0.3, -0.25) is 4.79 Å². The van der Waals surface area contributed by atoms with Crippen molar-refractivity contribution in [3.63, 3.8) is 0 Å². The molecule has 0 amide bonds. The first-order valence-electron chi connectivity index (χ1n) is 9.44. The molecule has 7 nitrogen and oxygen atoms in total. The zero-order chi connectivity index (χ0) is 19.6. The molecule has 0 fully saturated rings. The molecule has 0 aliphatic heterocycles. The first kappa shape index (κ1) is 19.5. The topological polar surface area (TPSA) is 101 Å². The third kappa shape index (κ3) is 6.19. The number of anilines is 1. The first-order valence-corrected chi connectivity index (χ1v) is 9.44. The number of unbranched alkanes of at least 4 members (excludes halogenated alkanes) is 1. The van der Waals surface area contributed by atoms with Crippen LogP contribution in [0.15, 0.2) is 59.3 Å². The van der Waals surface area contributed by atoms with Crippen molar-refractivity contribution in [2.24, 2.45) is 0 Å². The lowest BCUT2D eigenvalue weighted by Crippen LogP contribution is -2.09. The number of hydrogen-bond acceptors (Lipinski definition) is 6. The molecule has 0 bridgehead atoms. The summed E-state index contributed by atoms with van der Waals surface area (Å²) in [5, 5.41) is 16.5. The fourth-order valence-corrected chi connectivity index (χ4v) is 3.02. The van der Waals surface area contributed by atoms with Crippen LogP contribution in [0.4, 0.5) is 5.82 Å². The van der Waals surface area contributed by atoms with E-state index in [-0.39, 0.29) is 12.3 Å². The Morgan fingerprint density at radius 1 is 1.11 bits per heavy atom. The normalized spacial score (nSPS) is 11.9. The Morgan fingerprint density at radius 2 is 1.93 bits per heavy atom. The molecule has 0 spiro atoms. The predicted molar refractivity (Wildman–Crippen MR) is 105 cm³/mol. The van der Waals surface area contributed by atoms with Crippen molar-refractivity contribution in [1.82, 2.24) is 15.1 Å². The number of nitrogens with one attached hydrogen (secondary N) is 1. The second-order valence-corrected chi connectivity index (χ2v) is 6.61. The van der Waals surface area contributed by atoms with Crippen molar-refractivity contribution in [3.8, 4) is 0 Å². The SMILES string of the molecule is O=C(O)CC(Cc1nc(CCCCNc2ccccn2)no1)c1ccccc1. The largest absolute Gasteiger partial charge is 0.481 e.